The fourth-order valence-electron chi connectivity index (χ4n) is 3.16. The number of amides is 2. The number of H-pyrrole nitrogens is 1. The average molecular weight is 403 g/mol. The molecule has 4 aromatic rings. The van der Waals surface area contributed by atoms with Crippen molar-refractivity contribution in [2.24, 2.45) is 0 Å². The Morgan fingerprint density at radius 1 is 1.07 bits per heavy atom. The van der Waals surface area contributed by atoms with E-state index >= 15 is 0 Å². The molecule has 0 bridgehead atoms. The van der Waals surface area contributed by atoms with E-state index < -0.39 is 5.91 Å². The molecule has 2 aromatic carbocycles. The normalized spacial score (nSPS) is 10.7. The summed E-state index contributed by atoms with van der Waals surface area (Å²) >= 11 is 0. The van der Waals surface area contributed by atoms with Crippen molar-refractivity contribution in [3.8, 4) is 17.0 Å². The number of para-hydroxylation sites is 1. The van der Waals surface area contributed by atoms with Crippen LogP contribution in [-0.4, -0.2) is 33.7 Å². The number of hydrazine groups is 1. The number of benzene rings is 2. The second kappa shape index (κ2) is 8.52. The summed E-state index contributed by atoms with van der Waals surface area (Å²) in [5.41, 5.74) is 7.63. The Bertz CT molecular complexity index is 1180. The number of aromatic nitrogens is 3. The summed E-state index contributed by atoms with van der Waals surface area (Å²) in [6.45, 7) is 0.515. The number of ether oxygens (including phenoxy) is 1. The number of carbonyl (C=O) groups excluding carboxylic acids is 2. The molecule has 4 rings (SSSR count). The first kappa shape index (κ1) is 19.3. The molecular weight excluding hydrogens is 382 g/mol. The van der Waals surface area contributed by atoms with Gasteiger partial charge in [-0.3, -0.25) is 25.5 Å². The van der Waals surface area contributed by atoms with Gasteiger partial charge in [0.2, 0.25) is 5.91 Å². The lowest BCUT2D eigenvalue weighted by Crippen LogP contribution is -2.42. The molecule has 0 atom stereocenters. The van der Waals surface area contributed by atoms with E-state index in [0.717, 1.165) is 22.2 Å². The molecule has 0 fully saturated rings. The quantitative estimate of drug-likeness (QED) is 0.431. The van der Waals surface area contributed by atoms with Crippen LogP contribution in [0.2, 0.25) is 0 Å². The summed E-state index contributed by atoms with van der Waals surface area (Å²) in [4.78, 5) is 24.4. The summed E-state index contributed by atoms with van der Waals surface area (Å²) in [6.07, 6.45) is 2.18. The molecule has 0 saturated carbocycles. The number of hydrogen-bond donors (Lipinski definition) is 3. The first-order valence-corrected chi connectivity index (χ1v) is 9.47. The van der Waals surface area contributed by atoms with E-state index in [0.29, 0.717) is 12.2 Å². The molecule has 0 unspecified atom stereocenters. The molecule has 0 aliphatic carbocycles. The van der Waals surface area contributed by atoms with Crippen molar-refractivity contribution in [2.45, 2.75) is 13.0 Å². The molecule has 0 aliphatic heterocycles. The highest BCUT2D eigenvalue weighted by molar-refractivity contribution is 5.94. The SMILES string of the molecule is COc1ccc(-c2cc(C(=O)NNC(=O)CCn3ccc4ccccc43)[nH]n2)cc1. The Balaban J connectivity index is 1.30. The molecule has 3 N–H and O–H groups in total. The summed E-state index contributed by atoms with van der Waals surface area (Å²) in [7, 11) is 1.60. The third-order valence-corrected chi connectivity index (χ3v) is 4.78. The zero-order valence-electron chi connectivity index (χ0n) is 16.4. The van der Waals surface area contributed by atoms with Gasteiger partial charge in [-0.05, 0) is 47.9 Å². The maximum absolute atomic E-state index is 12.3. The number of aryl methyl sites for hydroxylation is 1. The number of nitrogens with one attached hydrogen (secondary N) is 3. The van der Waals surface area contributed by atoms with Gasteiger partial charge >= 0.3 is 0 Å². The van der Waals surface area contributed by atoms with Gasteiger partial charge in [0.1, 0.15) is 11.4 Å². The lowest BCUT2D eigenvalue weighted by molar-refractivity contribution is -0.122. The number of aromatic amines is 1. The Kier molecular flexibility index (Phi) is 5.47. The molecule has 2 heterocycles. The molecule has 2 aromatic heterocycles. The average Bonchev–Trinajstić information content (AvgIpc) is 3.44. The number of hydrogen-bond acceptors (Lipinski definition) is 4. The lowest BCUT2D eigenvalue weighted by atomic mass is 10.1. The van der Waals surface area contributed by atoms with Crippen molar-refractivity contribution in [1.82, 2.24) is 25.6 Å². The van der Waals surface area contributed by atoms with Gasteiger partial charge in [-0.15, -0.1) is 0 Å². The minimum absolute atomic E-state index is 0.235. The van der Waals surface area contributed by atoms with E-state index in [1.54, 1.807) is 13.2 Å². The maximum Gasteiger partial charge on any atom is 0.287 e. The van der Waals surface area contributed by atoms with Crippen molar-refractivity contribution >= 4 is 22.7 Å². The Morgan fingerprint density at radius 2 is 1.87 bits per heavy atom. The van der Waals surface area contributed by atoms with Crippen molar-refractivity contribution in [2.75, 3.05) is 7.11 Å². The molecule has 152 valence electrons. The number of methoxy groups -OCH3 is 1. The van der Waals surface area contributed by atoms with Crippen LogP contribution < -0.4 is 15.6 Å². The van der Waals surface area contributed by atoms with Crippen LogP contribution >= 0.6 is 0 Å². The highest BCUT2D eigenvalue weighted by atomic mass is 16.5. The fraction of sp³-hybridized carbons (Fsp3) is 0.136. The Labute approximate surface area is 172 Å². The van der Waals surface area contributed by atoms with Crippen LogP contribution in [0.25, 0.3) is 22.2 Å². The van der Waals surface area contributed by atoms with E-state index in [1.807, 2.05) is 65.4 Å². The third kappa shape index (κ3) is 4.17. The maximum atomic E-state index is 12.3. The van der Waals surface area contributed by atoms with Crippen LogP contribution in [-0.2, 0) is 11.3 Å². The molecule has 0 spiro atoms. The second-order valence-corrected chi connectivity index (χ2v) is 6.72. The van der Waals surface area contributed by atoms with Crippen molar-refractivity contribution in [3.63, 3.8) is 0 Å². The van der Waals surface area contributed by atoms with E-state index in [4.69, 9.17) is 4.74 Å². The van der Waals surface area contributed by atoms with Gasteiger partial charge in [0.05, 0.1) is 12.8 Å². The van der Waals surface area contributed by atoms with Crippen molar-refractivity contribution < 1.29 is 14.3 Å². The molecule has 30 heavy (non-hydrogen) atoms. The van der Waals surface area contributed by atoms with Gasteiger partial charge in [0.25, 0.3) is 5.91 Å². The summed E-state index contributed by atoms with van der Waals surface area (Å²) < 4.78 is 7.14. The molecular formula is C22H21N5O3. The first-order chi connectivity index (χ1) is 14.6. The van der Waals surface area contributed by atoms with E-state index in [-0.39, 0.29) is 18.0 Å². The predicted octanol–water partition coefficient (Wildman–Crippen LogP) is 2.89. The van der Waals surface area contributed by atoms with E-state index in [9.17, 15) is 9.59 Å². The van der Waals surface area contributed by atoms with E-state index in [2.05, 4.69) is 21.0 Å². The number of nitrogens with zero attached hydrogens (tertiary/aromatic N) is 2. The van der Waals surface area contributed by atoms with Crippen LogP contribution in [0.1, 0.15) is 16.9 Å². The molecule has 0 radical (unpaired) electrons. The minimum Gasteiger partial charge on any atom is -0.497 e. The van der Waals surface area contributed by atoms with Gasteiger partial charge in [0.15, 0.2) is 0 Å². The number of carbonyl (C=O) groups is 2. The van der Waals surface area contributed by atoms with Gasteiger partial charge in [0, 0.05) is 30.2 Å². The van der Waals surface area contributed by atoms with Crippen LogP contribution in [0.5, 0.6) is 5.75 Å². The third-order valence-electron chi connectivity index (χ3n) is 4.78. The largest absolute Gasteiger partial charge is 0.497 e. The fourth-order valence-corrected chi connectivity index (χ4v) is 3.16. The summed E-state index contributed by atoms with van der Waals surface area (Å²) in [5, 5.41) is 7.95. The van der Waals surface area contributed by atoms with Gasteiger partial charge in [-0.1, -0.05) is 18.2 Å². The molecule has 8 nitrogen and oxygen atoms in total. The highest BCUT2D eigenvalue weighted by Gasteiger charge is 2.12. The topological polar surface area (TPSA) is 101 Å². The standard InChI is InChI=1S/C22H21N5O3/c1-30-17-8-6-15(7-9-17)18-14-19(24-23-18)22(29)26-25-21(28)11-13-27-12-10-16-4-2-3-5-20(16)27/h2-10,12,14H,11,13H2,1H3,(H,23,24)(H,25,28)(H,26,29). The summed E-state index contributed by atoms with van der Waals surface area (Å²) in [6, 6.07) is 18.9. The minimum atomic E-state index is -0.470. The molecule has 0 saturated heterocycles. The lowest BCUT2D eigenvalue weighted by Gasteiger charge is -2.08. The van der Waals surface area contributed by atoms with E-state index in [1.165, 1.54) is 0 Å². The Morgan fingerprint density at radius 3 is 2.67 bits per heavy atom. The highest BCUT2D eigenvalue weighted by Crippen LogP contribution is 2.21. The van der Waals surface area contributed by atoms with Gasteiger partial charge < -0.3 is 9.30 Å². The predicted molar refractivity (Wildman–Crippen MR) is 113 cm³/mol. The van der Waals surface area contributed by atoms with Crippen molar-refractivity contribution in [3.05, 3.63) is 72.6 Å². The van der Waals surface area contributed by atoms with Crippen LogP contribution in [0.4, 0.5) is 0 Å². The summed E-state index contributed by atoms with van der Waals surface area (Å²) in [5.74, 6) is -0.0130. The molecule has 0 aliphatic rings. The zero-order valence-corrected chi connectivity index (χ0v) is 16.4. The second-order valence-electron chi connectivity index (χ2n) is 6.72. The number of fused-ring (bicyclic) bond motifs is 1. The van der Waals surface area contributed by atoms with Crippen molar-refractivity contribution in [1.29, 1.82) is 0 Å². The Hall–Kier alpha value is -4.07. The smallest absolute Gasteiger partial charge is 0.287 e. The van der Waals surface area contributed by atoms with Gasteiger partial charge in [-0.2, -0.15) is 5.10 Å². The zero-order chi connectivity index (χ0) is 20.9. The molecule has 2 amide bonds. The van der Waals surface area contributed by atoms with Crippen LogP contribution in [0.3, 0.4) is 0 Å². The van der Waals surface area contributed by atoms with Gasteiger partial charge in [-0.25, -0.2) is 0 Å². The first-order valence-electron chi connectivity index (χ1n) is 9.47. The number of rotatable bonds is 6. The van der Waals surface area contributed by atoms with Crippen LogP contribution in [0, 0.1) is 0 Å². The monoisotopic (exact) mass is 403 g/mol. The molecule has 8 heteroatoms. The van der Waals surface area contributed by atoms with Crippen LogP contribution in [0.15, 0.2) is 66.9 Å².